The van der Waals surface area contributed by atoms with Gasteiger partial charge in [-0.3, -0.25) is 0 Å². The number of hydrogen-bond donors (Lipinski definition) is 1. The predicted molar refractivity (Wildman–Crippen MR) is 93.4 cm³/mol. The van der Waals surface area contributed by atoms with Gasteiger partial charge < -0.3 is 5.32 Å². The molecule has 0 heterocycles. The monoisotopic (exact) mass is 433 g/mol. The van der Waals surface area contributed by atoms with Gasteiger partial charge in [0.05, 0.1) is 6.04 Å². The van der Waals surface area contributed by atoms with Crippen molar-refractivity contribution in [2.24, 2.45) is 0 Å². The average molecular weight is 436 g/mol. The molecule has 0 radical (unpaired) electrons. The van der Waals surface area contributed by atoms with Crippen LogP contribution in [0.3, 0.4) is 0 Å². The Morgan fingerprint density at radius 3 is 2.57 bits per heavy atom. The van der Waals surface area contributed by atoms with Gasteiger partial charge in [0.2, 0.25) is 0 Å². The first-order chi connectivity index (χ1) is 10.0. The molecule has 2 rings (SSSR count). The van der Waals surface area contributed by atoms with Crippen molar-refractivity contribution in [3.63, 3.8) is 0 Å². The van der Waals surface area contributed by atoms with Crippen LogP contribution in [-0.4, -0.2) is 6.54 Å². The fraction of sp³-hybridized carbons (Fsp3) is 0.250. The molecular weight excluding hydrogens is 420 g/mol. The summed E-state index contributed by atoms with van der Waals surface area (Å²) >= 11 is 13.0. The molecule has 1 atom stereocenters. The molecule has 1 nitrogen and oxygen atoms in total. The normalized spacial score (nSPS) is 12.4. The third kappa shape index (κ3) is 4.52. The van der Waals surface area contributed by atoms with Crippen LogP contribution in [0, 0.1) is 5.82 Å². The first-order valence-corrected chi connectivity index (χ1v) is 8.62. The van der Waals surface area contributed by atoms with Crippen molar-refractivity contribution in [1.29, 1.82) is 0 Å². The molecule has 0 aliphatic carbocycles. The molecule has 0 spiro atoms. The molecule has 0 saturated heterocycles. The minimum absolute atomic E-state index is 0.233. The van der Waals surface area contributed by atoms with Gasteiger partial charge in [0.15, 0.2) is 0 Å². The minimum atomic E-state index is -0.238. The van der Waals surface area contributed by atoms with Gasteiger partial charge in [0, 0.05) is 19.5 Å². The number of halogens is 4. The van der Waals surface area contributed by atoms with E-state index in [9.17, 15) is 4.39 Å². The van der Waals surface area contributed by atoms with Gasteiger partial charge in [-0.2, -0.15) is 0 Å². The largest absolute Gasteiger partial charge is 0.306 e. The topological polar surface area (TPSA) is 12.0 Å². The second kappa shape index (κ2) is 7.73. The Kier molecular flexibility index (Phi) is 6.23. The molecule has 0 bridgehead atoms. The van der Waals surface area contributed by atoms with E-state index in [1.54, 1.807) is 12.1 Å². The molecule has 0 amide bonds. The number of benzene rings is 2. The predicted octanol–water partition coefficient (Wildman–Crippen LogP) is 6.09. The Morgan fingerprint density at radius 2 is 1.90 bits per heavy atom. The van der Waals surface area contributed by atoms with E-state index in [2.05, 4.69) is 44.1 Å². The van der Waals surface area contributed by atoms with Gasteiger partial charge in [0.1, 0.15) is 5.82 Å². The molecule has 0 saturated carbocycles. The van der Waals surface area contributed by atoms with E-state index in [0.717, 1.165) is 27.5 Å². The van der Waals surface area contributed by atoms with E-state index in [-0.39, 0.29) is 11.9 Å². The molecule has 2 aromatic rings. The van der Waals surface area contributed by atoms with Crippen LogP contribution >= 0.6 is 43.5 Å². The Morgan fingerprint density at radius 1 is 1.14 bits per heavy atom. The summed E-state index contributed by atoms with van der Waals surface area (Å²) in [7, 11) is 0. The maximum Gasteiger partial charge on any atom is 0.128 e. The quantitative estimate of drug-likeness (QED) is 0.599. The minimum Gasteiger partial charge on any atom is -0.306 e. The summed E-state index contributed by atoms with van der Waals surface area (Å²) in [6.45, 7) is 2.87. The molecule has 2 aromatic carbocycles. The van der Waals surface area contributed by atoms with Crippen molar-refractivity contribution in [3.8, 4) is 0 Å². The Labute approximate surface area is 146 Å². The lowest BCUT2D eigenvalue weighted by molar-refractivity contribution is 0.546. The number of rotatable bonds is 5. The van der Waals surface area contributed by atoms with Crippen molar-refractivity contribution in [1.82, 2.24) is 5.32 Å². The third-order valence-corrected chi connectivity index (χ3v) is 4.26. The summed E-state index contributed by atoms with van der Waals surface area (Å²) in [5.41, 5.74) is 1.53. The molecule has 0 aliphatic heterocycles. The van der Waals surface area contributed by atoms with Crippen LogP contribution in [0.25, 0.3) is 0 Å². The lowest BCUT2D eigenvalue weighted by Gasteiger charge is -2.21. The summed E-state index contributed by atoms with van der Waals surface area (Å²) in [4.78, 5) is 0. The van der Waals surface area contributed by atoms with Gasteiger partial charge in [-0.15, -0.1) is 0 Å². The smallest absolute Gasteiger partial charge is 0.128 e. The van der Waals surface area contributed by atoms with Gasteiger partial charge in [-0.05, 0) is 54.9 Å². The van der Waals surface area contributed by atoms with Crippen LogP contribution in [0.1, 0.15) is 30.5 Å². The highest BCUT2D eigenvalue weighted by Crippen LogP contribution is 2.31. The van der Waals surface area contributed by atoms with Crippen molar-refractivity contribution < 1.29 is 4.39 Å². The Balaban J connectivity index is 2.49. The summed E-state index contributed by atoms with van der Waals surface area (Å²) in [5.74, 6) is -0.233. The van der Waals surface area contributed by atoms with Gasteiger partial charge in [-0.1, -0.05) is 50.4 Å². The summed E-state index contributed by atoms with van der Waals surface area (Å²) in [6, 6.07) is 10.4. The van der Waals surface area contributed by atoms with Crippen molar-refractivity contribution in [2.45, 2.75) is 19.4 Å². The average Bonchev–Trinajstić information content (AvgIpc) is 2.42. The number of nitrogens with one attached hydrogen (secondary N) is 1. The Bertz CT molecular complexity index is 613. The molecular formula is C16H15Br2ClFN. The highest BCUT2D eigenvalue weighted by Gasteiger charge is 2.18. The van der Waals surface area contributed by atoms with E-state index in [1.165, 1.54) is 6.07 Å². The van der Waals surface area contributed by atoms with Crippen LogP contribution in [0.4, 0.5) is 4.39 Å². The number of hydrogen-bond acceptors (Lipinski definition) is 1. The standard InChI is InChI=1S/C16H15Br2ClFN/c1-2-5-21-16(10-6-12(18)8-13(19)7-10)14-9-11(17)3-4-15(14)20/h3-4,6-9,16,21H,2,5H2,1H3. The van der Waals surface area contributed by atoms with Gasteiger partial charge in [-0.25, -0.2) is 4.39 Å². The fourth-order valence-electron chi connectivity index (χ4n) is 2.17. The molecule has 112 valence electrons. The maximum atomic E-state index is 14.2. The lowest BCUT2D eigenvalue weighted by Crippen LogP contribution is -2.24. The van der Waals surface area contributed by atoms with E-state index in [4.69, 9.17) is 11.6 Å². The fourth-order valence-corrected chi connectivity index (χ4v) is 3.44. The molecule has 0 aromatic heterocycles. The van der Waals surface area contributed by atoms with E-state index in [0.29, 0.717) is 10.6 Å². The van der Waals surface area contributed by atoms with Crippen LogP contribution in [-0.2, 0) is 0 Å². The Hall–Kier alpha value is -0.420. The van der Waals surface area contributed by atoms with Crippen LogP contribution in [0.2, 0.25) is 5.02 Å². The van der Waals surface area contributed by atoms with Crippen LogP contribution < -0.4 is 5.32 Å². The molecule has 0 aliphatic rings. The zero-order chi connectivity index (χ0) is 15.4. The van der Waals surface area contributed by atoms with E-state index >= 15 is 0 Å². The van der Waals surface area contributed by atoms with E-state index < -0.39 is 0 Å². The second-order valence-electron chi connectivity index (χ2n) is 4.76. The molecule has 21 heavy (non-hydrogen) atoms. The highest BCUT2D eigenvalue weighted by molar-refractivity contribution is 9.10. The molecule has 1 unspecified atom stereocenters. The van der Waals surface area contributed by atoms with Crippen LogP contribution in [0.5, 0.6) is 0 Å². The van der Waals surface area contributed by atoms with Crippen molar-refractivity contribution >= 4 is 43.5 Å². The highest BCUT2D eigenvalue weighted by atomic mass is 79.9. The zero-order valence-corrected chi connectivity index (χ0v) is 15.4. The summed E-state index contributed by atoms with van der Waals surface area (Å²) in [5, 5.41) is 4.01. The summed E-state index contributed by atoms with van der Waals surface area (Å²) < 4.78 is 16.0. The molecule has 5 heteroatoms. The summed E-state index contributed by atoms with van der Waals surface area (Å²) in [6.07, 6.45) is 0.966. The zero-order valence-electron chi connectivity index (χ0n) is 11.5. The van der Waals surface area contributed by atoms with Gasteiger partial charge in [0.25, 0.3) is 0 Å². The van der Waals surface area contributed by atoms with Crippen LogP contribution in [0.15, 0.2) is 45.3 Å². The SMILES string of the molecule is CCCNC(c1cc(Cl)cc(Br)c1)c1cc(Br)ccc1F. The van der Waals surface area contributed by atoms with Crippen molar-refractivity contribution in [3.05, 3.63) is 67.3 Å². The lowest BCUT2D eigenvalue weighted by atomic mass is 9.98. The molecule has 1 N–H and O–H groups in total. The third-order valence-electron chi connectivity index (χ3n) is 3.09. The second-order valence-corrected chi connectivity index (χ2v) is 7.02. The molecule has 0 fully saturated rings. The van der Waals surface area contributed by atoms with Crippen molar-refractivity contribution in [2.75, 3.05) is 6.54 Å². The first kappa shape index (κ1) is 16.9. The maximum absolute atomic E-state index is 14.2. The van der Waals surface area contributed by atoms with E-state index in [1.807, 2.05) is 18.2 Å². The first-order valence-electron chi connectivity index (χ1n) is 6.65. The van der Waals surface area contributed by atoms with Gasteiger partial charge >= 0.3 is 0 Å².